The van der Waals surface area contributed by atoms with E-state index in [2.05, 4.69) is 61.7 Å². The van der Waals surface area contributed by atoms with E-state index in [1.807, 2.05) is 37.1 Å². The second kappa shape index (κ2) is 9.99. The average Bonchev–Trinajstić information content (AvgIpc) is 3.22. The molecule has 1 aromatic carbocycles. The van der Waals surface area contributed by atoms with Crippen molar-refractivity contribution < 1.29 is 9.53 Å². The van der Waals surface area contributed by atoms with Crippen molar-refractivity contribution >= 4 is 35.3 Å². The molecule has 0 bridgehead atoms. The first-order valence-electron chi connectivity index (χ1n) is 10.8. The van der Waals surface area contributed by atoms with E-state index in [0.717, 1.165) is 37.3 Å². The van der Waals surface area contributed by atoms with Crippen LogP contribution in [0.5, 0.6) is 0 Å². The van der Waals surface area contributed by atoms with Gasteiger partial charge in [-0.15, -0.1) is 0 Å². The van der Waals surface area contributed by atoms with Gasteiger partial charge in [-0.25, -0.2) is 4.79 Å². The standard InChI is InChI=1S/C22H34N8O2/c1-14-7-8-15(25-21(31)32-6)11-17(14)26-19-27-18(24-16-9-10-23-12-16)28-20(29-19)30(5)13-22(2,3)4/h7-8,11,16,23H,9-10,12-13H2,1-6H3,(H,25,31)(H2,24,26,27,28,29)/t16-/m0/s1. The highest BCUT2D eigenvalue weighted by atomic mass is 16.5. The number of anilines is 5. The monoisotopic (exact) mass is 442 g/mol. The molecule has 0 spiro atoms. The van der Waals surface area contributed by atoms with E-state index >= 15 is 0 Å². The van der Waals surface area contributed by atoms with Crippen LogP contribution < -0.4 is 26.2 Å². The molecule has 4 N–H and O–H groups in total. The average molecular weight is 443 g/mol. The van der Waals surface area contributed by atoms with Crippen LogP contribution in [0.1, 0.15) is 32.8 Å². The molecule has 0 radical (unpaired) electrons. The van der Waals surface area contributed by atoms with Crippen molar-refractivity contribution in [3.63, 3.8) is 0 Å². The summed E-state index contributed by atoms with van der Waals surface area (Å²) in [7, 11) is 3.31. The summed E-state index contributed by atoms with van der Waals surface area (Å²) in [6.07, 6.45) is 0.491. The molecule has 1 aliphatic heterocycles. The molecule has 1 aliphatic rings. The molecular weight excluding hydrogens is 408 g/mol. The third-order valence-corrected chi connectivity index (χ3v) is 4.99. The maximum atomic E-state index is 11.6. The minimum atomic E-state index is -0.525. The summed E-state index contributed by atoms with van der Waals surface area (Å²) in [6.45, 7) is 11.1. The Bertz CT molecular complexity index is 938. The molecule has 1 amide bonds. The van der Waals surface area contributed by atoms with E-state index < -0.39 is 6.09 Å². The highest BCUT2D eigenvalue weighted by Crippen LogP contribution is 2.25. The molecule has 1 aromatic heterocycles. The first-order chi connectivity index (χ1) is 15.1. The van der Waals surface area contributed by atoms with Crippen LogP contribution in [-0.4, -0.2) is 60.9 Å². The molecule has 32 heavy (non-hydrogen) atoms. The summed E-state index contributed by atoms with van der Waals surface area (Å²) in [6, 6.07) is 5.82. The number of hydrogen-bond donors (Lipinski definition) is 4. The summed E-state index contributed by atoms with van der Waals surface area (Å²) < 4.78 is 4.68. The SMILES string of the molecule is COC(=O)Nc1ccc(C)c(Nc2nc(N[C@H]3CCNC3)nc(N(C)CC(C)(C)C)n2)c1. The number of carbonyl (C=O) groups excluding carboxylic acids is 1. The van der Waals surface area contributed by atoms with Crippen LogP contribution >= 0.6 is 0 Å². The number of carbonyl (C=O) groups is 1. The second-order valence-electron chi connectivity index (χ2n) is 9.30. The van der Waals surface area contributed by atoms with Gasteiger partial charge in [-0.05, 0) is 43.0 Å². The fraction of sp³-hybridized carbons (Fsp3) is 0.545. The molecule has 0 unspecified atom stereocenters. The predicted molar refractivity (Wildman–Crippen MR) is 128 cm³/mol. The lowest BCUT2D eigenvalue weighted by molar-refractivity contribution is 0.187. The number of nitrogens with one attached hydrogen (secondary N) is 4. The number of amides is 1. The Morgan fingerprint density at radius 2 is 2.00 bits per heavy atom. The first kappa shape index (κ1) is 23.5. The van der Waals surface area contributed by atoms with Crippen molar-refractivity contribution in [2.24, 2.45) is 5.41 Å². The van der Waals surface area contributed by atoms with Crippen LogP contribution in [-0.2, 0) is 4.74 Å². The van der Waals surface area contributed by atoms with Gasteiger partial charge in [-0.1, -0.05) is 26.8 Å². The molecule has 0 aliphatic carbocycles. The highest BCUT2D eigenvalue weighted by molar-refractivity contribution is 5.85. The first-order valence-corrected chi connectivity index (χ1v) is 10.8. The van der Waals surface area contributed by atoms with E-state index in [0.29, 0.717) is 23.5 Å². The van der Waals surface area contributed by atoms with Gasteiger partial charge in [-0.2, -0.15) is 15.0 Å². The molecular formula is C22H34N8O2. The lowest BCUT2D eigenvalue weighted by Gasteiger charge is -2.27. The zero-order valence-corrected chi connectivity index (χ0v) is 19.7. The van der Waals surface area contributed by atoms with Crippen molar-refractivity contribution in [3.05, 3.63) is 23.8 Å². The topological polar surface area (TPSA) is 116 Å². The Hall–Kier alpha value is -3.14. The molecule has 0 saturated carbocycles. The largest absolute Gasteiger partial charge is 0.453 e. The Morgan fingerprint density at radius 3 is 2.66 bits per heavy atom. The van der Waals surface area contributed by atoms with Gasteiger partial charge in [0.05, 0.1) is 7.11 Å². The lowest BCUT2D eigenvalue weighted by atomic mass is 9.96. The molecule has 1 fully saturated rings. The molecule has 10 heteroatoms. The van der Waals surface area contributed by atoms with E-state index in [-0.39, 0.29) is 11.5 Å². The Kier molecular flexibility index (Phi) is 7.34. The zero-order chi connectivity index (χ0) is 23.3. The molecule has 2 aromatic rings. The smallest absolute Gasteiger partial charge is 0.411 e. The third-order valence-electron chi connectivity index (χ3n) is 4.99. The minimum absolute atomic E-state index is 0.0857. The van der Waals surface area contributed by atoms with E-state index in [9.17, 15) is 4.79 Å². The Labute approximate surface area is 189 Å². The molecule has 10 nitrogen and oxygen atoms in total. The maximum absolute atomic E-state index is 11.6. The van der Waals surface area contributed by atoms with Crippen molar-refractivity contribution in [2.75, 3.05) is 54.6 Å². The van der Waals surface area contributed by atoms with Crippen LogP contribution in [0.2, 0.25) is 0 Å². The number of nitrogens with zero attached hydrogens (tertiary/aromatic N) is 4. The normalized spacial score (nSPS) is 15.9. The van der Waals surface area contributed by atoms with Crippen molar-refractivity contribution in [3.8, 4) is 0 Å². The third kappa shape index (κ3) is 6.68. The highest BCUT2D eigenvalue weighted by Gasteiger charge is 2.20. The molecule has 2 heterocycles. The Morgan fingerprint density at radius 1 is 1.25 bits per heavy atom. The van der Waals surface area contributed by atoms with Crippen LogP contribution in [0, 0.1) is 12.3 Å². The molecule has 1 atom stereocenters. The molecule has 1 saturated heterocycles. The van der Waals surface area contributed by atoms with Gasteiger partial charge in [0, 0.05) is 37.6 Å². The van der Waals surface area contributed by atoms with Gasteiger partial charge in [0.1, 0.15) is 0 Å². The number of aryl methyl sites for hydroxylation is 1. The predicted octanol–water partition coefficient (Wildman–Crippen LogP) is 3.36. The van der Waals surface area contributed by atoms with Gasteiger partial charge >= 0.3 is 6.09 Å². The van der Waals surface area contributed by atoms with Gasteiger partial charge in [0.25, 0.3) is 0 Å². The fourth-order valence-corrected chi connectivity index (χ4v) is 3.52. The van der Waals surface area contributed by atoms with Gasteiger partial charge in [0.15, 0.2) is 0 Å². The number of methoxy groups -OCH3 is 1. The van der Waals surface area contributed by atoms with Gasteiger partial charge < -0.3 is 25.6 Å². The Balaban J connectivity index is 1.89. The number of rotatable bonds is 7. The van der Waals surface area contributed by atoms with Gasteiger partial charge in [0.2, 0.25) is 17.8 Å². The quantitative estimate of drug-likeness (QED) is 0.512. The summed E-state index contributed by atoms with van der Waals surface area (Å²) in [5.74, 6) is 1.56. The molecule has 174 valence electrons. The molecule has 3 rings (SSSR count). The van der Waals surface area contributed by atoms with Crippen LogP contribution in [0.3, 0.4) is 0 Å². The number of ether oxygens (including phenoxy) is 1. The van der Waals surface area contributed by atoms with Crippen molar-refractivity contribution in [2.45, 2.75) is 40.2 Å². The van der Waals surface area contributed by atoms with E-state index in [1.165, 1.54) is 7.11 Å². The van der Waals surface area contributed by atoms with Crippen molar-refractivity contribution in [1.29, 1.82) is 0 Å². The summed E-state index contributed by atoms with van der Waals surface area (Å²) in [5.41, 5.74) is 2.46. The fourth-order valence-electron chi connectivity index (χ4n) is 3.52. The summed E-state index contributed by atoms with van der Waals surface area (Å²) in [4.78, 5) is 27.5. The zero-order valence-electron chi connectivity index (χ0n) is 19.7. The van der Waals surface area contributed by atoms with E-state index in [4.69, 9.17) is 0 Å². The second-order valence-corrected chi connectivity index (χ2v) is 9.30. The maximum Gasteiger partial charge on any atom is 0.411 e. The lowest BCUT2D eigenvalue weighted by Crippen LogP contribution is -2.31. The van der Waals surface area contributed by atoms with Crippen LogP contribution in [0.15, 0.2) is 18.2 Å². The summed E-state index contributed by atoms with van der Waals surface area (Å²) in [5, 5.41) is 12.7. The number of hydrogen-bond acceptors (Lipinski definition) is 9. The van der Waals surface area contributed by atoms with Crippen molar-refractivity contribution in [1.82, 2.24) is 20.3 Å². The van der Waals surface area contributed by atoms with Crippen LogP contribution in [0.25, 0.3) is 0 Å². The van der Waals surface area contributed by atoms with Gasteiger partial charge in [-0.3, -0.25) is 5.32 Å². The summed E-state index contributed by atoms with van der Waals surface area (Å²) >= 11 is 0. The minimum Gasteiger partial charge on any atom is -0.453 e. The van der Waals surface area contributed by atoms with Crippen LogP contribution in [0.4, 0.5) is 34.0 Å². The number of aromatic nitrogens is 3. The van der Waals surface area contributed by atoms with E-state index in [1.54, 1.807) is 0 Å². The number of benzene rings is 1.